The van der Waals surface area contributed by atoms with Crippen LogP contribution in [-0.4, -0.2) is 63.9 Å². The molecule has 3 aromatic rings. The summed E-state index contributed by atoms with van der Waals surface area (Å²) in [6, 6.07) is 9.53. The first-order valence-electron chi connectivity index (χ1n) is 12.2. The fraction of sp³-hybridized carbons (Fsp3) is 0.333. The van der Waals surface area contributed by atoms with Gasteiger partial charge >= 0.3 is 0 Å². The number of thiazole rings is 1. The molecule has 2 atom stereocenters. The number of piperazine rings is 1. The number of amides is 2. The summed E-state index contributed by atoms with van der Waals surface area (Å²) in [6.45, 7) is 6.72. The molecule has 2 aliphatic rings. The molecule has 5 rings (SSSR count). The van der Waals surface area contributed by atoms with Crippen molar-refractivity contribution in [3.05, 3.63) is 66.5 Å². The van der Waals surface area contributed by atoms with E-state index in [9.17, 15) is 9.59 Å². The van der Waals surface area contributed by atoms with E-state index in [4.69, 9.17) is 4.74 Å². The Hall–Kier alpha value is -3.37. The summed E-state index contributed by atoms with van der Waals surface area (Å²) < 4.78 is 6.65. The quantitative estimate of drug-likeness (QED) is 0.419. The smallest absolute Gasteiger partial charge is 0.258 e. The molecule has 0 saturated carbocycles. The molecule has 0 aliphatic carbocycles. The minimum absolute atomic E-state index is 0.00673. The van der Waals surface area contributed by atoms with Crippen molar-refractivity contribution >= 4 is 45.9 Å². The van der Waals surface area contributed by atoms with Crippen molar-refractivity contribution < 1.29 is 14.3 Å². The largest absolute Gasteiger partial charge is 0.496 e. The predicted octanol–water partition coefficient (Wildman–Crippen LogP) is 5.14. The Morgan fingerprint density at radius 1 is 1.22 bits per heavy atom. The molecule has 4 heterocycles. The lowest BCUT2D eigenvalue weighted by atomic mass is 9.90. The molecule has 37 heavy (non-hydrogen) atoms. The minimum atomic E-state index is -0.0722. The maximum Gasteiger partial charge on any atom is 0.258 e. The highest BCUT2D eigenvalue weighted by atomic mass is 32.2. The van der Waals surface area contributed by atoms with Gasteiger partial charge in [0.1, 0.15) is 11.6 Å². The third-order valence-corrected chi connectivity index (χ3v) is 8.94. The van der Waals surface area contributed by atoms with E-state index in [1.165, 1.54) is 17.4 Å². The van der Waals surface area contributed by atoms with Crippen molar-refractivity contribution in [3.63, 3.8) is 0 Å². The van der Waals surface area contributed by atoms with Crippen LogP contribution < -0.4 is 10.1 Å². The van der Waals surface area contributed by atoms with Crippen molar-refractivity contribution in [2.75, 3.05) is 25.5 Å². The number of likely N-dealkylation sites (tertiary alicyclic amines) is 1. The molecule has 192 valence electrons. The van der Waals surface area contributed by atoms with Crippen molar-refractivity contribution in [1.29, 1.82) is 0 Å². The molecule has 0 spiro atoms. The van der Waals surface area contributed by atoms with Crippen LogP contribution in [0.5, 0.6) is 5.75 Å². The van der Waals surface area contributed by atoms with Crippen LogP contribution in [0.2, 0.25) is 0 Å². The molecule has 1 aromatic carbocycles. The summed E-state index contributed by atoms with van der Waals surface area (Å²) in [7, 11) is 1.60. The maximum atomic E-state index is 13.9. The Morgan fingerprint density at radius 2 is 2.00 bits per heavy atom. The number of rotatable bonds is 7. The average molecular weight is 536 g/mol. The van der Waals surface area contributed by atoms with Crippen LogP contribution in [0.3, 0.4) is 0 Å². The van der Waals surface area contributed by atoms with Gasteiger partial charge in [0.15, 0.2) is 5.13 Å². The number of ether oxygens (including phenoxy) is 1. The van der Waals surface area contributed by atoms with Crippen LogP contribution in [0.1, 0.15) is 35.2 Å². The van der Waals surface area contributed by atoms with E-state index < -0.39 is 0 Å². The predicted molar refractivity (Wildman–Crippen MR) is 146 cm³/mol. The van der Waals surface area contributed by atoms with Crippen LogP contribution in [0.25, 0.3) is 0 Å². The molecular weight excluding hydrogens is 506 g/mol. The zero-order valence-electron chi connectivity index (χ0n) is 20.8. The van der Waals surface area contributed by atoms with E-state index >= 15 is 0 Å². The first kappa shape index (κ1) is 25.3. The highest BCUT2D eigenvalue weighted by molar-refractivity contribution is 8.01. The summed E-state index contributed by atoms with van der Waals surface area (Å²) in [5, 5.41) is 3.98. The maximum absolute atomic E-state index is 13.9. The number of benzene rings is 1. The topological polar surface area (TPSA) is 87.7 Å². The summed E-state index contributed by atoms with van der Waals surface area (Å²) >= 11 is 3.11. The Kier molecular flexibility index (Phi) is 7.48. The van der Waals surface area contributed by atoms with Crippen molar-refractivity contribution in [2.24, 2.45) is 0 Å². The zero-order valence-corrected chi connectivity index (χ0v) is 22.5. The fourth-order valence-corrected chi connectivity index (χ4v) is 6.96. The SMILES string of the molecule is C=CC(=O)N1C[C@H]2CCC[C@@H](C1)N2C(=O)c1cc(Sc2cnc(Nc3ccccn3)s2)c(C)cc1OC. The monoisotopic (exact) mass is 535 g/mol. The highest BCUT2D eigenvalue weighted by Gasteiger charge is 2.42. The Labute approximate surface area is 224 Å². The number of carbonyl (C=O) groups is 2. The molecule has 1 N–H and O–H groups in total. The molecule has 0 unspecified atom stereocenters. The molecule has 2 aliphatic heterocycles. The lowest BCUT2D eigenvalue weighted by Crippen LogP contribution is -2.63. The lowest BCUT2D eigenvalue weighted by molar-refractivity contribution is -0.131. The number of aromatic nitrogens is 2. The number of hydrogen-bond acceptors (Lipinski definition) is 8. The number of methoxy groups -OCH3 is 1. The highest BCUT2D eigenvalue weighted by Crippen LogP contribution is 2.40. The third-order valence-electron chi connectivity index (χ3n) is 6.77. The number of aryl methyl sites for hydroxylation is 1. The van der Waals surface area contributed by atoms with Crippen LogP contribution >= 0.6 is 23.1 Å². The molecule has 2 bridgehead atoms. The van der Waals surface area contributed by atoms with Gasteiger partial charge in [0, 0.05) is 24.2 Å². The summed E-state index contributed by atoms with van der Waals surface area (Å²) in [5.74, 6) is 1.19. The number of anilines is 2. The number of pyridine rings is 1. The summed E-state index contributed by atoms with van der Waals surface area (Å²) in [5.41, 5.74) is 1.57. The van der Waals surface area contributed by atoms with E-state index in [0.717, 1.165) is 44.9 Å². The lowest BCUT2D eigenvalue weighted by Gasteiger charge is -2.50. The van der Waals surface area contributed by atoms with Gasteiger partial charge < -0.3 is 19.9 Å². The van der Waals surface area contributed by atoms with E-state index in [-0.39, 0.29) is 23.9 Å². The van der Waals surface area contributed by atoms with Gasteiger partial charge in [-0.25, -0.2) is 9.97 Å². The van der Waals surface area contributed by atoms with Gasteiger partial charge in [-0.3, -0.25) is 9.59 Å². The molecule has 0 radical (unpaired) electrons. The number of nitrogens with zero attached hydrogens (tertiary/aromatic N) is 4. The molecule has 2 fully saturated rings. The van der Waals surface area contributed by atoms with Gasteiger partial charge in [-0.15, -0.1) is 0 Å². The van der Waals surface area contributed by atoms with Gasteiger partial charge in [-0.1, -0.05) is 35.7 Å². The van der Waals surface area contributed by atoms with Gasteiger partial charge in [0.25, 0.3) is 5.91 Å². The first-order chi connectivity index (χ1) is 18.0. The van der Waals surface area contributed by atoms with E-state index in [2.05, 4.69) is 21.9 Å². The van der Waals surface area contributed by atoms with Crippen LogP contribution in [0.4, 0.5) is 10.9 Å². The number of nitrogens with one attached hydrogen (secondary N) is 1. The third kappa shape index (κ3) is 5.35. The molecule has 10 heteroatoms. The van der Waals surface area contributed by atoms with E-state index in [1.54, 1.807) is 25.1 Å². The summed E-state index contributed by atoms with van der Waals surface area (Å²) in [6.07, 6.45) is 7.73. The normalized spacial score (nSPS) is 18.9. The summed E-state index contributed by atoms with van der Waals surface area (Å²) in [4.78, 5) is 39.8. The van der Waals surface area contributed by atoms with Crippen LogP contribution in [0.15, 0.2) is 64.5 Å². The second-order valence-electron chi connectivity index (χ2n) is 9.14. The van der Waals surface area contributed by atoms with Crippen molar-refractivity contribution in [1.82, 2.24) is 19.8 Å². The molecule has 2 saturated heterocycles. The molecule has 2 aromatic heterocycles. The van der Waals surface area contributed by atoms with Gasteiger partial charge in [0.2, 0.25) is 5.91 Å². The van der Waals surface area contributed by atoms with Crippen molar-refractivity contribution in [2.45, 2.75) is 47.4 Å². The zero-order chi connectivity index (χ0) is 25.9. The van der Waals surface area contributed by atoms with Gasteiger partial charge in [-0.05, 0) is 62.1 Å². The standard InChI is InChI=1S/C27H29N5O3S2/c1-4-24(33)31-15-18-8-7-9-19(16-31)32(18)26(34)20-13-22(17(2)12-21(20)35-3)36-25-14-29-27(37-25)30-23-10-5-6-11-28-23/h4-6,10-14,18-19H,1,7-9,15-16H2,2-3H3,(H,28,29,30)/t18-,19+. The second kappa shape index (κ2) is 10.9. The number of fused-ring (bicyclic) bond motifs is 2. The number of piperidine rings is 1. The minimum Gasteiger partial charge on any atom is -0.496 e. The van der Waals surface area contributed by atoms with E-state index in [1.807, 2.05) is 53.3 Å². The average Bonchev–Trinajstić information content (AvgIpc) is 3.35. The van der Waals surface area contributed by atoms with Gasteiger partial charge in [-0.2, -0.15) is 0 Å². The fourth-order valence-electron chi connectivity index (χ4n) is 5.01. The van der Waals surface area contributed by atoms with Crippen LogP contribution in [-0.2, 0) is 4.79 Å². The molecule has 8 nitrogen and oxygen atoms in total. The second-order valence-corrected chi connectivity index (χ2v) is 11.5. The van der Waals surface area contributed by atoms with Crippen molar-refractivity contribution in [3.8, 4) is 5.75 Å². The Balaban J connectivity index is 1.38. The molecular formula is C27H29N5O3S2. The number of hydrogen-bond donors (Lipinski definition) is 1. The molecule has 2 amide bonds. The van der Waals surface area contributed by atoms with Gasteiger partial charge in [0.05, 0.1) is 35.2 Å². The van der Waals surface area contributed by atoms with E-state index in [0.29, 0.717) is 24.4 Å². The Morgan fingerprint density at radius 3 is 2.68 bits per heavy atom. The van der Waals surface area contributed by atoms with Crippen LogP contribution in [0, 0.1) is 6.92 Å². The Bertz CT molecular complexity index is 1300. The first-order valence-corrected chi connectivity index (χ1v) is 13.8. The number of carbonyl (C=O) groups excluding carboxylic acids is 2.